The second kappa shape index (κ2) is 4.47. The molecule has 2 heterocycles. The molecule has 0 N–H and O–H groups in total. The molecule has 0 atom stereocenters. The zero-order chi connectivity index (χ0) is 12.4. The van der Waals surface area contributed by atoms with E-state index < -0.39 is 4.92 Å². The highest BCUT2D eigenvalue weighted by atomic mass is 35.5. The summed E-state index contributed by atoms with van der Waals surface area (Å²) >= 11 is 5.77. The molecule has 0 spiro atoms. The number of hydrogen-bond acceptors (Lipinski definition) is 4. The Morgan fingerprint density at radius 1 is 1.35 bits per heavy atom. The normalized spacial score (nSPS) is 10.2. The highest BCUT2D eigenvalue weighted by Gasteiger charge is 2.18. The number of aromatic nitrogens is 2. The number of aryl methyl sites for hydroxylation is 1. The molecule has 86 valence electrons. The van der Waals surface area contributed by atoms with Crippen molar-refractivity contribution < 1.29 is 4.92 Å². The van der Waals surface area contributed by atoms with Crippen LogP contribution >= 0.6 is 11.6 Å². The molecule has 0 aliphatic heterocycles. The molecule has 2 rings (SSSR count). The van der Waals surface area contributed by atoms with E-state index in [1.807, 2.05) is 6.92 Å². The SMILES string of the molecule is Cc1ccncc1-c1nc(Cl)ccc1[N+](=O)[O-]. The number of nitrogens with zero attached hydrogens (tertiary/aromatic N) is 3. The largest absolute Gasteiger partial charge is 0.295 e. The minimum atomic E-state index is -0.481. The van der Waals surface area contributed by atoms with Gasteiger partial charge in [0.25, 0.3) is 5.69 Å². The average Bonchev–Trinajstić information content (AvgIpc) is 2.29. The van der Waals surface area contributed by atoms with E-state index in [9.17, 15) is 10.1 Å². The van der Waals surface area contributed by atoms with Gasteiger partial charge in [0.05, 0.1) is 4.92 Å². The molecule has 0 unspecified atom stereocenters. The summed E-state index contributed by atoms with van der Waals surface area (Å²) in [6.45, 7) is 1.84. The zero-order valence-corrected chi connectivity index (χ0v) is 9.68. The Morgan fingerprint density at radius 2 is 2.12 bits per heavy atom. The van der Waals surface area contributed by atoms with Crippen molar-refractivity contribution >= 4 is 17.3 Å². The minimum Gasteiger partial charge on any atom is -0.264 e. The maximum atomic E-state index is 10.9. The first-order valence-electron chi connectivity index (χ1n) is 4.81. The second-order valence-corrected chi connectivity index (χ2v) is 3.84. The van der Waals surface area contributed by atoms with Gasteiger partial charge in [-0.1, -0.05) is 11.6 Å². The quantitative estimate of drug-likeness (QED) is 0.466. The first-order chi connectivity index (χ1) is 8.09. The van der Waals surface area contributed by atoms with Gasteiger partial charge in [0.2, 0.25) is 0 Å². The topological polar surface area (TPSA) is 68.9 Å². The number of hydrogen-bond donors (Lipinski definition) is 0. The zero-order valence-electron chi connectivity index (χ0n) is 8.92. The lowest BCUT2D eigenvalue weighted by molar-refractivity contribution is -0.384. The summed E-state index contributed by atoms with van der Waals surface area (Å²) in [5.74, 6) is 0. The van der Waals surface area contributed by atoms with Gasteiger partial charge in [-0.3, -0.25) is 15.1 Å². The number of halogens is 1. The van der Waals surface area contributed by atoms with Crippen LogP contribution in [0.1, 0.15) is 5.56 Å². The Morgan fingerprint density at radius 3 is 2.76 bits per heavy atom. The smallest absolute Gasteiger partial charge is 0.264 e. The van der Waals surface area contributed by atoms with Gasteiger partial charge in [0.1, 0.15) is 5.15 Å². The van der Waals surface area contributed by atoms with Gasteiger partial charge in [0, 0.05) is 24.0 Å². The van der Waals surface area contributed by atoms with E-state index in [1.54, 1.807) is 18.5 Å². The van der Waals surface area contributed by atoms with Crippen LogP contribution in [0.4, 0.5) is 5.69 Å². The summed E-state index contributed by atoms with van der Waals surface area (Å²) in [4.78, 5) is 18.4. The molecular weight excluding hydrogens is 242 g/mol. The van der Waals surface area contributed by atoms with Crippen molar-refractivity contribution in [2.24, 2.45) is 0 Å². The minimum absolute atomic E-state index is 0.0782. The molecule has 2 aromatic rings. The van der Waals surface area contributed by atoms with E-state index in [2.05, 4.69) is 9.97 Å². The predicted octanol–water partition coefficient (Wildman–Crippen LogP) is 3.01. The number of pyridine rings is 2. The summed E-state index contributed by atoms with van der Waals surface area (Å²) in [6, 6.07) is 4.51. The van der Waals surface area contributed by atoms with Crippen molar-refractivity contribution in [1.29, 1.82) is 0 Å². The van der Waals surface area contributed by atoms with Crippen LogP contribution in [0.5, 0.6) is 0 Å². The highest BCUT2D eigenvalue weighted by molar-refractivity contribution is 6.29. The highest BCUT2D eigenvalue weighted by Crippen LogP contribution is 2.30. The molecule has 17 heavy (non-hydrogen) atoms. The third kappa shape index (κ3) is 2.24. The molecular formula is C11H8ClN3O2. The lowest BCUT2D eigenvalue weighted by Gasteiger charge is -2.05. The number of rotatable bonds is 2. The van der Waals surface area contributed by atoms with Gasteiger partial charge in [-0.05, 0) is 24.6 Å². The van der Waals surface area contributed by atoms with Gasteiger partial charge < -0.3 is 0 Å². The van der Waals surface area contributed by atoms with Crippen LogP contribution in [0.15, 0.2) is 30.6 Å². The van der Waals surface area contributed by atoms with Crippen molar-refractivity contribution in [3.05, 3.63) is 51.4 Å². The van der Waals surface area contributed by atoms with E-state index in [1.165, 1.54) is 12.1 Å². The fraction of sp³-hybridized carbons (Fsp3) is 0.0909. The van der Waals surface area contributed by atoms with E-state index in [-0.39, 0.29) is 16.5 Å². The lowest BCUT2D eigenvalue weighted by Crippen LogP contribution is -1.96. The summed E-state index contributed by atoms with van der Waals surface area (Å²) in [5, 5.41) is 11.1. The maximum Gasteiger partial charge on any atom is 0.295 e. The molecule has 0 amide bonds. The Bertz CT molecular complexity index is 587. The molecule has 5 nitrogen and oxygen atoms in total. The first-order valence-corrected chi connectivity index (χ1v) is 5.19. The van der Waals surface area contributed by atoms with Crippen LogP contribution in [0, 0.1) is 17.0 Å². The lowest BCUT2D eigenvalue weighted by atomic mass is 10.1. The molecule has 0 aliphatic rings. The van der Waals surface area contributed by atoms with Gasteiger partial charge in [-0.2, -0.15) is 0 Å². The standard InChI is InChI=1S/C11H8ClN3O2/c1-7-4-5-13-6-8(7)11-9(15(16)17)2-3-10(12)14-11/h2-6H,1H3. The Balaban J connectivity index is 2.70. The molecule has 0 bridgehead atoms. The number of nitro groups is 1. The van der Waals surface area contributed by atoms with Crippen molar-refractivity contribution in [1.82, 2.24) is 9.97 Å². The average molecular weight is 250 g/mol. The molecule has 2 aromatic heterocycles. The Kier molecular flexibility index (Phi) is 3.01. The van der Waals surface area contributed by atoms with Gasteiger partial charge >= 0.3 is 0 Å². The Hall–Kier alpha value is -2.01. The van der Waals surface area contributed by atoms with Crippen molar-refractivity contribution in [3.63, 3.8) is 0 Å². The maximum absolute atomic E-state index is 10.9. The van der Waals surface area contributed by atoms with Crippen LogP contribution in [0.25, 0.3) is 11.3 Å². The third-order valence-corrected chi connectivity index (χ3v) is 2.54. The summed E-state index contributed by atoms with van der Waals surface area (Å²) < 4.78 is 0. The van der Waals surface area contributed by atoms with E-state index >= 15 is 0 Å². The second-order valence-electron chi connectivity index (χ2n) is 3.45. The molecule has 0 saturated carbocycles. The summed E-state index contributed by atoms with van der Waals surface area (Å²) in [7, 11) is 0. The van der Waals surface area contributed by atoms with Gasteiger partial charge in [-0.25, -0.2) is 4.98 Å². The van der Waals surface area contributed by atoms with E-state index in [4.69, 9.17) is 11.6 Å². The molecule has 0 saturated heterocycles. The first kappa shape index (κ1) is 11.5. The van der Waals surface area contributed by atoms with Crippen LogP contribution in [0.3, 0.4) is 0 Å². The van der Waals surface area contributed by atoms with Crippen molar-refractivity contribution in [2.75, 3.05) is 0 Å². The predicted molar refractivity (Wildman–Crippen MR) is 63.9 cm³/mol. The van der Waals surface area contributed by atoms with Crippen LogP contribution in [-0.4, -0.2) is 14.9 Å². The van der Waals surface area contributed by atoms with Crippen molar-refractivity contribution in [3.8, 4) is 11.3 Å². The van der Waals surface area contributed by atoms with Crippen LogP contribution in [0.2, 0.25) is 5.15 Å². The fourth-order valence-electron chi connectivity index (χ4n) is 1.49. The van der Waals surface area contributed by atoms with E-state index in [0.29, 0.717) is 5.56 Å². The fourth-order valence-corrected chi connectivity index (χ4v) is 1.63. The molecule has 0 radical (unpaired) electrons. The molecule has 6 heteroatoms. The monoisotopic (exact) mass is 249 g/mol. The van der Waals surface area contributed by atoms with Crippen molar-refractivity contribution in [2.45, 2.75) is 6.92 Å². The van der Waals surface area contributed by atoms with Gasteiger partial charge in [-0.15, -0.1) is 0 Å². The van der Waals surface area contributed by atoms with Crippen LogP contribution in [-0.2, 0) is 0 Å². The van der Waals surface area contributed by atoms with Crippen LogP contribution < -0.4 is 0 Å². The Labute approximate surface area is 102 Å². The molecule has 0 fully saturated rings. The third-order valence-electron chi connectivity index (χ3n) is 2.33. The van der Waals surface area contributed by atoms with E-state index in [0.717, 1.165) is 5.56 Å². The molecule has 0 aromatic carbocycles. The summed E-state index contributed by atoms with van der Waals surface area (Å²) in [5.41, 5.74) is 1.64. The summed E-state index contributed by atoms with van der Waals surface area (Å²) in [6.07, 6.45) is 3.16. The molecule has 0 aliphatic carbocycles. The van der Waals surface area contributed by atoms with Gasteiger partial charge in [0.15, 0.2) is 5.69 Å².